The summed E-state index contributed by atoms with van der Waals surface area (Å²) in [6, 6.07) is 1.64. The van der Waals surface area contributed by atoms with Gasteiger partial charge in [0, 0.05) is 18.2 Å². The molecule has 0 aromatic carbocycles. The molecule has 0 radical (unpaired) electrons. The zero-order valence-corrected chi connectivity index (χ0v) is 6.33. The molecule has 1 aliphatic rings. The van der Waals surface area contributed by atoms with Crippen LogP contribution in [-0.2, 0) is 0 Å². The minimum Gasteiger partial charge on any atom is -0.329 e. The number of Topliss-reactive ketones (excluding diaryl/α,β-unsaturated/α-hetero) is 1. The van der Waals surface area contributed by atoms with Crippen LogP contribution in [0.3, 0.4) is 0 Å². The van der Waals surface area contributed by atoms with Gasteiger partial charge in [-0.05, 0) is 6.07 Å². The topological polar surface area (TPSA) is 49.9 Å². The highest BCUT2D eigenvalue weighted by Gasteiger charge is 2.14. The molecule has 0 unspecified atom stereocenters. The van der Waals surface area contributed by atoms with E-state index in [9.17, 15) is 9.59 Å². The van der Waals surface area contributed by atoms with Crippen LogP contribution in [0.2, 0.25) is 0 Å². The van der Waals surface area contributed by atoms with Crippen molar-refractivity contribution >= 4 is 11.9 Å². The third-order valence-corrected chi connectivity index (χ3v) is 1.89. The Morgan fingerprint density at radius 2 is 2.17 bits per heavy atom. The van der Waals surface area contributed by atoms with Gasteiger partial charge >= 0.3 is 0 Å². The molecule has 0 atom stereocenters. The van der Waals surface area contributed by atoms with Crippen molar-refractivity contribution < 1.29 is 4.79 Å². The molecule has 12 heavy (non-hydrogen) atoms. The van der Waals surface area contributed by atoms with E-state index in [1.54, 1.807) is 18.2 Å². The maximum Gasteiger partial charge on any atom is 0.255 e. The number of H-pyrrole nitrogens is 1. The Bertz CT molecular complexity index is 415. The zero-order valence-electron chi connectivity index (χ0n) is 6.33. The molecule has 0 saturated carbocycles. The fourth-order valence-electron chi connectivity index (χ4n) is 1.29. The number of fused-ring (bicyclic) bond motifs is 1. The van der Waals surface area contributed by atoms with Gasteiger partial charge in [-0.1, -0.05) is 12.2 Å². The SMILES string of the molecule is O=C1CC=Cc2c1cc[nH]c2=O. The number of carbonyl (C=O) groups excluding carboxylic acids is 1. The normalized spacial score (nSPS) is 14.5. The monoisotopic (exact) mass is 161 g/mol. The first kappa shape index (κ1) is 7.03. The molecule has 1 aromatic rings. The molecule has 0 saturated heterocycles. The van der Waals surface area contributed by atoms with Crippen molar-refractivity contribution in [2.45, 2.75) is 6.42 Å². The first-order valence-electron chi connectivity index (χ1n) is 3.70. The summed E-state index contributed by atoms with van der Waals surface area (Å²) < 4.78 is 0. The number of pyridine rings is 1. The summed E-state index contributed by atoms with van der Waals surface area (Å²) in [7, 11) is 0. The van der Waals surface area contributed by atoms with Gasteiger partial charge in [0.2, 0.25) is 0 Å². The van der Waals surface area contributed by atoms with Crippen LogP contribution in [0.4, 0.5) is 0 Å². The molecule has 0 bridgehead atoms. The van der Waals surface area contributed by atoms with Crippen LogP contribution in [0.15, 0.2) is 23.1 Å². The highest BCUT2D eigenvalue weighted by Crippen LogP contribution is 2.13. The number of hydrogen-bond acceptors (Lipinski definition) is 2. The van der Waals surface area contributed by atoms with Crippen LogP contribution >= 0.6 is 0 Å². The first-order valence-corrected chi connectivity index (χ1v) is 3.70. The zero-order chi connectivity index (χ0) is 8.55. The summed E-state index contributed by atoms with van der Waals surface area (Å²) in [6.07, 6.45) is 5.30. The van der Waals surface area contributed by atoms with Crippen molar-refractivity contribution in [2.75, 3.05) is 0 Å². The van der Waals surface area contributed by atoms with E-state index in [-0.39, 0.29) is 11.3 Å². The second kappa shape index (κ2) is 2.44. The molecule has 1 aliphatic carbocycles. The van der Waals surface area contributed by atoms with Gasteiger partial charge < -0.3 is 4.98 Å². The predicted octanol–water partition coefficient (Wildman–Crippen LogP) is 0.975. The van der Waals surface area contributed by atoms with E-state index >= 15 is 0 Å². The first-order chi connectivity index (χ1) is 5.79. The second-order valence-corrected chi connectivity index (χ2v) is 2.66. The lowest BCUT2D eigenvalue weighted by Gasteiger charge is -2.06. The van der Waals surface area contributed by atoms with Gasteiger partial charge in [-0.15, -0.1) is 0 Å². The summed E-state index contributed by atoms with van der Waals surface area (Å²) in [6.45, 7) is 0. The van der Waals surface area contributed by atoms with Gasteiger partial charge in [0.1, 0.15) is 0 Å². The van der Waals surface area contributed by atoms with Crippen LogP contribution < -0.4 is 5.56 Å². The number of nitrogens with one attached hydrogen (secondary N) is 1. The van der Waals surface area contributed by atoms with E-state index in [0.29, 0.717) is 17.5 Å². The Kier molecular flexibility index (Phi) is 1.43. The molecule has 60 valence electrons. The number of hydrogen-bond donors (Lipinski definition) is 1. The summed E-state index contributed by atoms with van der Waals surface area (Å²) in [5.74, 6) is 0.0126. The van der Waals surface area contributed by atoms with Gasteiger partial charge in [-0.3, -0.25) is 9.59 Å². The molecule has 1 heterocycles. The molecule has 3 nitrogen and oxygen atoms in total. The number of aromatic nitrogens is 1. The Morgan fingerprint density at radius 3 is 2.92 bits per heavy atom. The van der Waals surface area contributed by atoms with E-state index in [0.717, 1.165) is 0 Å². The maximum absolute atomic E-state index is 11.2. The third kappa shape index (κ3) is 0.906. The number of aromatic amines is 1. The van der Waals surface area contributed by atoms with E-state index < -0.39 is 0 Å². The molecule has 0 spiro atoms. The molecular weight excluding hydrogens is 154 g/mol. The Balaban J connectivity index is 2.78. The molecule has 2 rings (SSSR count). The number of rotatable bonds is 0. The minimum atomic E-state index is -0.197. The average molecular weight is 161 g/mol. The minimum absolute atomic E-state index is 0.0126. The van der Waals surface area contributed by atoms with Crippen LogP contribution in [0.25, 0.3) is 6.08 Å². The van der Waals surface area contributed by atoms with Crippen molar-refractivity contribution in [3.63, 3.8) is 0 Å². The van der Waals surface area contributed by atoms with Crippen LogP contribution in [0.1, 0.15) is 22.3 Å². The van der Waals surface area contributed by atoms with E-state index in [4.69, 9.17) is 0 Å². The molecular formula is C9H7NO2. The van der Waals surface area contributed by atoms with E-state index in [1.165, 1.54) is 6.20 Å². The van der Waals surface area contributed by atoms with Crippen molar-refractivity contribution in [3.05, 3.63) is 39.8 Å². The molecule has 0 amide bonds. The molecule has 1 aromatic heterocycles. The lowest BCUT2D eigenvalue weighted by atomic mass is 9.98. The number of carbonyl (C=O) groups is 1. The van der Waals surface area contributed by atoms with Crippen molar-refractivity contribution in [1.82, 2.24) is 4.98 Å². The van der Waals surface area contributed by atoms with Crippen LogP contribution in [0.5, 0.6) is 0 Å². The van der Waals surface area contributed by atoms with Gasteiger partial charge in [0.05, 0.1) is 5.56 Å². The van der Waals surface area contributed by atoms with Gasteiger partial charge in [0.15, 0.2) is 5.78 Å². The summed E-state index contributed by atoms with van der Waals surface area (Å²) in [5.41, 5.74) is 0.812. The summed E-state index contributed by atoms with van der Waals surface area (Å²) in [5, 5.41) is 0. The average Bonchev–Trinajstić information content (AvgIpc) is 2.07. The largest absolute Gasteiger partial charge is 0.329 e. The summed E-state index contributed by atoms with van der Waals surface area (Å²) >= 11 is 0. The van der Waals surface area contributed by atoms with Crippen molar-refractivity contribution in [2.24, 2.45) is 0 Å². The highest BCUT2D eigenvalue weighted by molar-refractivity contribution is 6.02. The highest BCUT2D eigenvalue weighted by atomic mass is 16.1. The lowest BCUT2D eigenvalue weighted by Crippen LogP contribution is -2.16. The Hall–Kier alpha value is -1.64. The molecule has 0 aliphatic heterocycles. The Labute approximate surface area is 68.7 Å². The van der Waals surface area contributed by atoms with E-state index in [1.807, 2.05) is 0 Å². The fourth-order valence-corrected chi connectivity index (χ4v) is 1.29. The fraction of sp³-hybridized carbons (Fsp3) is 0.111. The number of allylic oxidation sites excluding steroid dienone is 1. The van der Waals surface area contributed by atoms with Crippen molar-refractivity contribution in [3.8, 4) is 0 Å². The van der Waals surface area contributed by atoms with Gasteiger partial charge in [-0.2, -0.15) is 0 Å². The summed E-state index contributed by atoms with van der Waals surface area (Å²) in [4.78, 5) is 24.9. The van der Waals surface area contributed by atoms with Crippen molar-refractivity contribution in [1.29, 1.82) is 0 Å². The third-order valence-electron chi connectivity index (χ3n) is 1.89. The molecule has 3 heteroatoms. The van der Waals surface area contributed by atoms with Crippen LogP contribution in [-0.4, -0.2) is 10.8 Å². The Morgan fingerprint density at radius 1 is 1.33 bits per heavy atom. The second-order valence-electron chi connectivity index (χ2n) is 2.66. The smallest absolute Gasteiger partial charge is 0.255 e. The van der Waals surface area contributed by atoms with Gasteiger partial charge in [-0.25, -0.2) is 0 Å². The quantitative estimate of drug-likeness (QED) is 0.616. The predicted molar refractivity (Wildman–Crippen MR) is 45.0 cm³/mol. The lowest BCUT2D eigenvalue weighted by molar-refractivity contribution is 0.0994. The maximum atomic E-state index is 11.2. The molecule has 0 fully saturated rings. The number of ketones is 1. The standard InChI is InChI=1S/C9H7NO2/c11-8-3-1-2-7-6(8)4-5-10-9(7)12/h1-2,4-5H,3H2,(H,10,12). The molecule has 1 N–H and O–H groups in total. The van der Waals surface area contributed by atoms with Crippen LogP contribution in [0, 0.1) is 0 Å². The van der Waals surface area contributed by atoms with E-state index in [2.05, 4.69) is 4.98 Å². The van der Waals surface area contributed by atoms with Gasteiger partial charge in [0.25, 0.3) is 5.56 Å².